The zero-order chi connectivity index (χ0) is 25.2. The maximum absolute atomic E-state index is 13.7. The number of anilines is 1. The van der Waals surface area contributed by atoms with E-state index in [-0.39, 0.29) is 22.5 Å². The van der Waals surface area contributed by atoms with Crippen molar-refractivity contribution in [2.45, 2.75) is 38.8 Å². The number of sulfonamides is 1. The van der Waals surface area contributed by atoms with Crippen molar-refractivity contribution >= 4 is 32.8 Å². The number of benzene rings is 2. The van der Waals surface area contributed by atoms with Crippen LogP contribution in [-0.2, 0) is 23.1 Å². The van der Waals surface area contributed by atoms with Gasteiger partial charge in [-0.05, 0) is 53.7 Å². The Labute approximate surface area is 209 Å². The molecule has 2 atom stereocenters. The predicted octanol–water partition coefficient (Wildman–Crippen LogP) is 3.61. The molecule has 6 rings (SSSR count). The Morgan fingerprint density at radius 3 is 2.42 bits per heavy atom. The van der Waals surface area contributed by atoms with Gasteiger partial charge < -0.3 is 10.6 Å². The summed E-state index contributed by atoms with van der Waals surface area (Å²) < 4.78 is 25.3. The second kappa shape index (κ2) is 7.97. The van der Waals surface area contributed by atoms with E-state index in [2.05, 4.69) is 23.0 Å². The zero-order valence-electron chi connectivity index (χ0n) is 19.9. The number of nitrogens with zero attached hydrogens (tertiary/aromatic N) is 3. The Morgan fingerprint density at radius 2 is 1.78 bits per heavy atom. The van der Waals surface area contributed by atoms with Crippen LogP contribution < -0.4 is 10.9 Å². The number of primary sulfonamides is 1. The molecule has 0 bridgehead atoms. The average Bonchev–Trinajstić information content (AvgIpc) is 3.62. The van der Waals surface area contributed by atoms with Crippen molar-refractivity contribution in [1.29, 1.82) is 0 Å². The van der Waals surface area contributed by atoms with Gasteiger partial charge in [-0.3, -0.25) is 4.79 Å². The van der Waals surface area contributed by atoms with Gasteiger partial charge in [0, 0.05) is 29.8 Å². The summed E-state index contributed by atoms with van der Waals surface area (Å²) in [6.45, 7) is 3.07. The van der Waals surface area contributed by atoms with Gasteiger partial charge in [0.25, 0.3) is 5.91 Å². The molecule has 0 spiro atoms. The van der Waals surface area contributed by atoms with Gasteiger partial charge >= 0.3 is 0 Å². The smallest absolute Gasteiger partial charge is 0.273 e. The molecule has 0 radical (unpaired) electrons. The standard InChI is InChI=1S/C27H27N5O3S/c1-27(19-9-10-19)12-4-7-22(36(29,34)35)23(27)16-8-11-21-20(13-16)24(31-26(28)30-21)25(33)32-14-17-5-2-3-6-18(17)15-32/h2-8,11-13,19,23H,9-10,14-15H2,1H3,(H2,28,30,31)(H2,29,34,35). The normalized spacial score (nSPS) is 23.6. The number of rotatable bonds is 4. The van der Waals surface area contributed by atoms with Gasteiger partial charge in [0.2, 0.25) is 16.0 Å². The molecule has 2 unspecified atom stereocenters. The minimum absolute atomic E-state index is 0.0175. The highest BCUT2D eigenvalue weighted by Gasteiger charge is 2.49. The van der Waals surface area contributed by atoms with E-state index in [1.165, 1.54) is 0 Å². The molecule has 1 fully saturated rings. The lowest BCUT2D eigenvalue weighted by Crippen LogP contribution is -2.34. The van der Waals surface area contributed by atoms with Crippen LogP contribution in [0, 0.1) is 11.3 Å². The fourth-order valence-electron chi connectivity index (χ4n) is 5.84. The molecule has 184 valence electrons. The molecule has 2 heterocycles. The second-order valence-corrected chi connectivity index (χ2v) is 11.7. The van der Waals surface area contributed by atoms with Gasteiger partial charge in [0.1, 0.15) is 5.69 Å². The fraction of sp³-hybridized carbons (Fsp3) is 0.296. The summed E-state index contributed by atoms with van der Waals surface area (Å²) in [6.07, 6.45) is 7.52. The van der Waals surface area contributed by atoms with Crippen molar-refractivity contribution in [2.75, 3.05) is 5.73 Å². The van der Waals surface area contributed by atoms with E-state index in [1.807, 2.05) is 36.4 Å². The van der Waals surface area contributed by atoms with Crippen molar-refractivity contribution in [3.05, 3.63) is 88.0 Å². The summed E-state index contributed by atoms with van der Waals surface area (Å²) >= 11 is 0. The number of fused-ring (bicyclic) bond motifs is 2. The van der Waals surface area contributed by atoms with E-state index in [4.69, 9.17) is 10.9 Å². The molecule has 8 nitrogen and oxygen atoms in total. The lowest BCUT2D eigenvalue weighted by atomic mass is 9.67. The predicted molar refractivity (Wildman–Crippen MR) is 138 cm³/mol. The molecule has 9 heteroatoms. The fourth-order valence-corrected chi connectivity index (χ4v) is 6.83. The van der Waals surface area contributed by atoms with Crippen LogP contribution in [0.15, 0.2) is 65.6 Å². The van der Waals surface area contributed by atoms with E-state index in [0.717, 1.165) is 29.5 Å². The number of allylic oxidation sites excluding steroid dienone is 4. The number of amides is 1. The minimum atomic E-state index is -3.95. The molecule has 4 N–H and O–H groups in total. The third-order valence-corrected chi connectivity index (χ3v) is 8.84. The molecule has 3 aromatic rings. The van der Waals surface area contributed by atoms with Gasteiger partial charge in [0.15, 0.2) is 0 Å². The van der Waals surface area contributed by atoms with Crippen LogP contribution in [0.25, 0.3) is 10.9 Å². The lowest BCUT2D eigenvalue weighted by molar-refractivity contribution is 0.0747. The van der Waals surface area contributed by atoms with E-state index in [0.29, 0.717) is 29.9 Å². The van der Waals surface area contributed by atoms with E-state index < -0.39 is 21.4 Å². The molecule has 1 aliphatic heterocycles. The number of hydrogen-bond donors (Lipinski definition) is 2. The van der Waals surface area contributed by atoms with Crippen molar-refractivity contribution in [1.82, 2.24) is 14.9 Å². The average molecular weight is 502 g/mol. The van der Waals surface area contributed by atoms with Crippen molar-refractivity contribution in [3.8, 4) is 0 Å². The largest absolute Gasteiger partial charge is 0.368 e. The Kier molecular flexibility index (Phi) is 5.07. The number of carbonyl (C=O) groups is 1. The number of aromatic nitrogens is 2. The molecule has 2 aliphatic carbocycles. The zero-order valence-corrected chi connectivity index (χ0v) is 20.7. The highest BCUT2D eigenvalue weighted by atomic mass is 32.2. The summed E-state index contributed by atoms with van der Waals surface area (Å²) in [5.74, 6) is -0.347. The minimum Gasteiger partial charge on any atom is -0.368 e. The number of nitrogens with two attached hydrogens (primary N) is 2. The molecule has 36 heavy (non-hydrogen) atoms. The summed E-state index contributed by atoms with van der Waals surface area (Å²) in [5, 5.41) is 6.23. The van der Waals surface area contributed by atoms with Crippen LogP contribution >= 0.6 is 0 Å². The Bertz CT molecular complexity index is 1570. The van der Waals surface area contributed by atoms with E-state index in [1.54, 1.807) is 23.1 Å². The number of nitrogen functional groups attached to an aromatic ring is 1. The summed E-state index contributed by atoms with van der Waals surface area (Å²) in [5.41, 5.74) is 9.29. The van der Waals surface area contributed by atoms with Gasteiger partial charge in [0.05, 0.1) is 10.4 Å². The van der Waals surface area contributed by atoms with E-state index >= 15 is 0 Å². The first-order chi connectivity index (χ1) is 17.1. The van der Waals surface area contributed by atoms with Gasteiger partial charge in [-0.2, -0.15) is 0 Å². The third kappa shape index (κ3) is 3.70. The summed E-state index contributed by atoms with van der Waals surface area (Å²) in [6, 6.07) is 13.4. The van der Waals surface area contributed by atoms with Crippen LogP contribution in [-0.4, -0.2) is 29.2 Å². The monoisotopic (exact) mass is 501 g/mol. The van der Waals surface area contributed by atoms with Gasteiger partial charge in [-0.15, -0.1) is 0 Å². The highest BCUT2D eigenvalue weighted by molar-refractivity contribution is 7.93. The van der Waals surface area contributed by atoms with Crippen molar-refractivity contribution in [2.24, 2.45) is 16.5 Å². The quantitative estimate of drug-likeness (QED) is 0.561. The first-order valence-electron chi connectivity index (χ1n) is 12.0. The molecule has 0 saturated heterocycles. The van der Waals surface area contributed by atoms with Crippen LogP contribution in [0.3, 0.4) is 0 Å². The third-order valence-electron chi connectivity index (χ3n) is 7.81. The van der Waals surface area contributed by atoms with Crippen LogP contribution in [0.1, 0.15) is 52.9 Å². The molecule has 1 aromatic heterocycles. The van der Waals surface area contributed by atoms with Crippen molar-refractivity contribution < 1.29 is 13.2 Å². The van der Waals surface area contributed by atoms with Crippen LogP contribution in [0.4, 0.5) is 5.95 Å². The molecule has 1 saturated carbocycles. The number of hydrogen-bond acceptors (Lipinski definition) is 6. The second-order valence-electron chi connectivity index (χ2n) is 10.2. The van der Waals surface area contributed by atoms with Gasteiger partial charge in [-0.1, -0.05) is 49.4 Å². The van der Waals surface area contributed by atoms with Gasteiger partial charge in [-0.25, -0.2) is 23.5 Å². The van der Waals surface area contributed by atoms with E-state index in [9.17, 15) is 13.2 Å². The SMILES string of the molecule is CC1(C2CC2)C=CC=C(S(N)(=O)=O)C1c1ccc2nc(N)nc(C(=O)N3Cc4ccccc4C3)c2c1. The maximum Gasteiger partial charge on any atom is 0.273 e. The molecule has 3 aliphatic rings. The lowest BCUT2D eigenvalue weighted by Gasteiger charge is -2.39. The highest BCUT2D eigenvalue weighted by Crippen LogP contribution is 2.58. The molecular formula is C27H27N5O3S. The Hall–Kier alpha value is -3.56. The summed E-state index contributed by atoms with van der Waals surface area (Å²) in [7, 11) is -3.95. The Balaban J connectivity index is 1.47. The molecule has 2 aromatic carbocycles. The number of carbonyl (C=O) groups excluding carboxylic acids is 1. The van der Waals surface area contributed by atoms with Crippen molar-refractivity contribution in [3.63, 3.8) is 0 Å². The first kappa shape index (κ1) is 22.9. The Morgan fingerprint density at radius 1 is 1.08 bits per heavy atom. The first-order valence-corrected chi connectivity index (χ1v) is 13.6. The maximum atomic E-state index is 13.7. The summed E-state index contributed by atoms with van der Waals surface area (Å²) in [4.78, 5) is 24.3. The molecule has 1 amide bonds. The topological polar surface area (TPSA) is 132 Å². The van der Waals surface area contributed by atoms with Crippen LogP contribution in [0.5, 0.6) is 0 Å². The molecular weight excluding hydrogens is 474 g/mol. The van der Waals surface area contributed by atoms with Crippen LogP contribution in [0.2, 0.25) is 0 Å².